The van der Waals surface area contributed by atoms with Gasteiger partial charge in [0, 0.05) is 24.6 Å². The minimum Gasteiger partial charge on any atom is -0.326 e. The van der Waals surface area contributed by atoms with Crippen LogP contribution in [0.5, 0.6) is 0 Å². The summed E-state index contributed by atoms with van der Waals surface area (Å²) in [6.07, 6.45) is -5.11. The van der Waals surface area contributed by atoms with Crippen LogP contribution >= 0.6 is 12.4 Å². The summed E-state index contributed by atoms with van der Waals surface area (Å²) in [5.41, 5.74) is 1.08. The highest BCUT2D eigenvalue weighted by Crippen LogP contribution is 2.23. The SMILES string of the molecule is CNCC(C)C(=O)Nc1cccc(CCC(F)(F)F)c1.Cl. The number of anilines is 1. The van der Waals surface area contributed by atoms with E-state index in [0.29, 0.717) is 17.8 Å². The second-order valence-corrected chi connectivity index (χ2v) is 4.76. The van der Waals surface area contributed by atoms with Gasteiger partial charge in [-0.2, -0.15) is 13.2 Å². The van der Waals surface area contributed by atoms with E-state index in [2.05, 4.69) is 10.6 Å². The van der Waals surface area contributed by atoms with Gasteiger partial charge in [-0.1, -0.05) is 19.1 Å². The summed E-state index contributed by atoms with van der Waals surface area (Å²) in [6, 6.07) is 6.51. The zero-order valence-electron chi connectivity index (χ0n) is 12.0. The highest BCUT2D eigenvalue weighted by atomic mass is 35.5. The molecule has 1 aromatic rings. The van der Waals surface area contributed by atoms with Crippen molar-refractivity contribution in [2.45, 2.75) is 25.9 Å². The second kappa shape index (κ2) is 8.89. The molecule has 0 aliphatic heterocycles. The van der Waals surface area contributed by atoms with Crippen LogP contribution < -0.4 is 10.6 Å². The quantitative estimate of drug-likeness (QED) is 0.842. The second-order valence-electron chi connectivity index (χ2n) is 4.76. The van der Waals surface area contributed by atoms with Gasteiger partial charge < -0.3 is 10.6 Å². The molecule has 3 nitrogen and oxygen atoms in total. The number of hydrogen-bond acceptors (Lipinski definition) is 2. The lowest BCUT2D eigenvalue weighted by Crippen LogP contribution is -2.28. The average Bonchev–Trinajstić information content (AvgIpc) is 2.36. The first-order chi connectivity index (χ1) is 9.31. The van der Waals surface area contributed by atoms with Crippen molar-refractivity contribution in [3.8, 4) is 0 Å². The Balaban J connectivity index is 0.00000400. The highest BCUT2D eigenvalue weighted by Gasteiger charge is 2.26. The molecular formula is C14H20ClF3N2O. The summed E-state index contributed by atoms with van der Waals surface area (Å²) in [4.78, 5) is 11.8. The number of rotatable bonds is 6. The zero-order valence-corrected chi connectivity index (χ0v) is 12.8. The number of carbonyl (C=O) groups excluding carboxylic acids is 1. The molecule has 0 aliphatic carbocycles. The number of alkyl halides is 3. The molecule has 0 aliphatic rings. The molecule has 21 heavy (non-hydrogen) atoms. The molecule has 0 radical (unpaired) electrons. The van der Waals surface area contributed by atoms with Crippen molar-refractivity contribution >= 4 is 24.0 Å². The summed E-state index contributed by atoms with van der Waals surface area (Å²) in [5, 5.41) is 5.60. The van der Waals surface area contributed by atoms with E-state index in [-0.39, 0.29) is 30.7 Å². The maximum absolute atomic E-state index is 12.2. The Labute approximate surface area is 128 Å². The van der Waals surface area contributed by atoms with Gasteiger partial charge in [0.1, 0.15) is 0 Å². The third kappa shape index (κ3) is 7.92. The fraction of sp³-hybridized carbons (Fsp3) is 0.500. The summed E-state index contributed by atoms with van der Waals surface area (Å²) < 4.78 is 36.5. The van der Waals surface area contributed by atoms with Crippen molar-refractivity contribution in [1.82, 2.24) is 5.32 Å². The van der Waals surface area contributed by atoms with Gasteiger partial charge in [0.2, 0.25) is 5.91 Å². The van der Waals surface area contributed by atoms with Crippen LogP contribution in [0.15, 0.2) is 24.3 Å². The van der Waals surface area contributed by atoms with Crippen LogP contribution in [0.25, 0.3) is 0 Å². The van der Waals surface area contributed by atoms with E-state index >= 15 is 0 Å². The van der Waals surface area contributed by atoms with Crippen LogP contribution in [0.3, 0.4) is 0 Å². The molecule has 1 amide bonds. The molecule has 0 heterocycles. The molecule has 0 saturated carbocycles. The smallest absolute Gasteiger partial charge is 0.326 e. The maximum Gasteiger partial charge on any atom is 0.389 e. The predicted molar refractivity (Wildman–Crippen MR) is 79.8 cm³/mol. The highest BCUT2D eigenvalue weighted by molar-refractivity contribution is 5.92. The largest absolute Gasteiger partial charge is 0.389 e. The normalized spacial score (nSPS) is 12.4. The first-order valence-electron chi connectivity index (χ1n) is 6.43. The van der Waals surface area contributed by atoms with Crippen LogP contribution in [-0.4, -0.2) is 25.7 Å². The van der Waals surface area contributed by atoms with E-state index in [9.17, 15) is 18.0 Å². The fourth-order valence-electron chi connectivity index (χ4n) is 1.76. The first kappa shape index (κ1) is 19.7. The number of halogens is 4. The van der Waals surface area contributed by atoms with Gasteiger partial charge in [-0.15, -0.1) is 12.4 Å². The molecule has 1 aromatic carbocycles. The van der Waals surface area contributed by atoms with Crippen molar-refractivity contribution in [2.75, 3.05) is 18.9 Å². The minimum atomic E-state index is -4.17. The zero-order chi connectivity index (χ0) is 15.2. The third-order valence-electron chi connectivity index (χ3n) is 2.85. The van der Waals surface area contributed by atoms with Crippen molar-refractivity contribution < 1.29 is 18.0 Å². The van der Waals surface area contributed by atoms with Gasteiger partial charge in [0.15, 0.2) is 0 Å². The molecule has 0 spiro atoms. The molecule has 120 valence electrons. The number of nitrogens with one attached hydrogen (secondary N) is 2. The molecule has 2 N–H and O–H groups in total. The van der Waals surface area contributed by atoms with Crippen LogP contribution in [-0.2, 0) is 11.2 Å². The number of benzene rings is 1. The summed E-state index contributed by atoms with van der Waals surface area (Å²) >= 11 is 0. The molecule has 0 fully saturated rings. The molecule has 0 saturated heterocycles. The lowest BCUT2D eigenvalue weighted by atomic mass is 10.1. The van der Waals surface area contributed by atoms with E-state index in [4.69, 9.17) is 0 Å². The monoisotopic (exact) mass is 324 g/mol. The summed E-state index contributed by atoms with van der Waals surface area (Å²) in [7, 11) is 1.75. The van der Waals surface area contributed by atoms with Gasteiger partial charge in [0.05, 0.1) is 0 Å². The van der Waals surface area contributed by atoms with E-state index < -0.39 is 12.6 Å². The average molecular weight is 325 g/mol. The summed E-state index contributed by atoms with van der Waals surface area (Å²) in [5.74, 6) is -0.369. The molecule has 7 heteroatoms. The molecule has 1 unspecified atom stereocenters. The van der Waals surface area contributed by atoms with Crippen LogP contribution in [0.2, 0.25) is 0 Å². The third-order valence-corrected chi connectivity index (χ3v) is 2.85. The predicted octanol–water partition coefficient (Wildman–Crippen LogP) is 3.40. The Morgan fingerprint density at radius 1 is 1.33 bits per heavy atom. The van der Waals surface area contributed by atoms with Gasteiger partial charge >= 0.3 is 6.18 Å². The van der Waals surface area contributed by atoms with E-state index in [1.165, 1.54) is 0 Å². The molecule has 1 atom stereocenters. The van der Waals surface area contributed by atoms with Gasteiger partial charge in [-0.05, 0) is 31.2 Å². The van der Waals surface area contributed by atoms with Gasteiger partial charge in [-0.25, -0.2) is 0 Å². The van der Waals surface area contributed by atoms with Crippen LogP contribution in [0, 0.1) is 5.92 Å². The van der Waals surface area contributed by atoms with E-state index in [0.717, 1.165) is 0 Å². The van der Waals surface area contributed by atoms with Crippen LogP contribution in [0.4, 0.5) is 18.9 Å². The van der Waals surface area contributed by atoms with E-state index in [1.807, 2.05) is 0 Å². The Morgan fingerprint density at radius 2 is 2.00 bits per heavy atom. The van der Waals surface area contributed by atoms with Crippen molar-refractivity contribution in [3.63, 3.8) is 0 Å². The van der Waals surface area contributed by atoms with Crippen molar-refractivity contribution in [3.05, 3.63) is 29.8 Å². The van der Waals surface area contributed by atoms with Gasteiger partial charge in [-0.3, -0.25) is 4.79 Å². The number of hydrogen-bond donors (Lipinski definition) is 2. The topological polar surface area (TPSA) is 41.1 Å². The molecule has 0 bridgehead atoms. The minimum absolute atomic E-state index is 0. The Bertz CT molecular complexity index is 452. The number of carbonyl (C=O) groups is 1. The summed E-state index contributed by atoms with van der Waals surface area (Å²) in [6.45, 7) is 2.32. The molecule has 1 rings (SSSR count). The van der Waals surface area contributed by atoms with E-state index in [1.54, 1.807) is 38.2 Å². The van der Waals surface area contributed by atoms with Crippen molar-refractivity contribution in [1.29, 1.82) is 0 Å². The number of aryl methyl sites for hydroxylation is 1. The Hall–Kier alpha value is -1.27. The fourth-order valence-corrected chi connectivity index (χ4v) is 1.76. The van der Waals surface area contributed by atoms with Crippen LogP contribution in [0.1, 0.15) is 18.9 Å². The van der Waals surface area contributed by atoms with Gasteiger partial charge in [0.25, 0.3) is 0 Å². The number of amides is 1. The lowest BCUT2D eigenvalue weighted by Gasteiger charge is -2.12. The lowest BCUT2D eigenvalue weighted by molar-refractivity contribution is -0.134. The molecule has 0 aromatic heterocycles. The first-order valence-corrected chi connectivity index (χ1v) is 6.43. The maximum atomic E-state index is 12.2. The Kier molecular flexibility index (Phi) is 8.36. The standard InChI is InChI=1S/C14H19F3N2O.ClH/c1-10(9-18-2)13(20)19-12-5-3-4-11(8-12)6-7-14(15,16)17;/h3-5,8,10,18H,6-7,9H2,1-2H3,(H,19,20);1H. The van der Waals surface area contributed by atoms with Crippen molar-refractivity contribution in [2.24, 2.45) is 5.92 Å². The molecular weight excluding hydrogens is 305 g/mol. The Morgan fingerprint density at radius 3 is 2.57 bits per heavy atom.